The lowest BCUT2D eigenvalue weighted by molar-refractivity contribution is 0.0399. The molecule has 0 fully saturated rings. The van der Waals surface area contributed by atoms with Gasteiger partial charge in [0.2, 0.25) is 11.7 Å². The van der Waals surface area contributed by atoms with Crippen LogP contribution in [0.4, 0.5) is 26.3 Å². The first-order chi connectivity index (χ1) is 15.2. The molecule has 3 unspecified atom stereocenters. The third kappa shape index (κ3) is 5.67. The standard InChI is InChI=1S/C23H25ClF6O3/c1-5-7-23(24,6-2)18(31)13-10-14-12-15(11-13)33-22(4,17(26)20(29)30)9-8-21(3,32-14)16(25)19(27)28/h10-12H,5-9H2,1-4H3. The minimum absolute atomic E-state index is 0.0744. The first-order valence-electron chi connectivity index (χ1n) is 10.4. The van der Waals surface area contributed by atoms with Crippen molar-refractivity contribution >= 4 is 17.4 Å². The largest absolute Gasteiger partial charge is 0.480 e. The van der Waals surface area contributed by atoms with Crippen LogP contribution in [0.15, 0.2) is 42.0 Å². The fraction of sp³-hybridized carbons (Fsp3) is 0.522. The van der Waals surface area contributed by atoms with Gasteiger partial charge in [0.1, 0.15) is 16.4 Å². The average Bonchev–Trinajstić information content (AvgIpc) is 2.78. The molecule has 0 saturated carbocycles. The van der Waals surface area contributed by atoms with Crippen molar-refractivity contribution in [2.45, 2.75) is 75.9 Å². The van der Waals surface area contributed by atoms with Crippen LogP contribution in [0, 0.1) is 0 Å². The van der Waals surface area contributed by atoms with Crippen LogP contribution >= 0.6 is 11.6 Å². The summed E-state index contributed by atoms with van der Waals surface area (Å²) in [4.78, 5) is 11.9. The molecule has 1 aromatic rings. The van der Waals surface area contributed by atoms with Gasteiger partial charge in [-0.25, -0.2) is 8.78 Å². The maximum Gasteiger partial charge on any atom is 0.305 e. The fourth-order valence-corrected chi connectivity index (χ4v) is 4.03. The van der Waals surface area contributed by atoms with Crippen LogP contribution in [0.25, 0.3) is 0 Å². The van der Waals surface area contributed by atoms with Gasteiger partial charge in [0.05, 0.1) is 0 Å². The number of hydrogen-bond acceptors (Lipinski definition) is 3. The Hall–Kier alpha value is -2.16. The molecule has 0 amide bonds. The summed E-state index contributed by atoms with van der Waals surface area (Å²) in [6.45, 7) is 5.48. The SMILES string of the molecule is CCCC(Cl)(CC)C(=O)c1cc2cc(c1)OC(C)(C(F)=C(F)F)CCC(C)(C(F)=C(F)F)O2. The van der Waals surface area contributed by atoms with Gasteiger partial charge in [-0.2, -0.15) is 17.6 Å². The number of fused-ring (bicyclic) bond motifs is 2. The zero-order chi connectivity index (χ0) is 25.2. The Labute approximate surface area is 193 Å². The monoisotopic (exact) mass is 498 g/mol. The van der Waals surface area contributed by atoms with Crippen molar-refractivity contribution in [3.63, 3.8) is 0 Å². The van der Waals surface area contributed by atoms with Crippen molar-refractivity contribution in [2.24, 2.45) is 0 Å². The summed E-state index contributed by atoms with van der Waals surface area (Å²) in [6, 6.07) is 3.46. The van der Waals surface area contributed by atoms with E-state index in [1.54, 1.807) is 6.92 Å². The van der Waals surface area contributed by atoms with Crippen LogP contribution in [0.3, 0.4) is 0 Å². The lowest BCUT2D eigenvalue weighted by Gasteiger charge is -2.32. The molecular formula is C23H25ClF6O3. The molecule has 0 N–H and O–H groups in total. The molecule has 2 rings (SSSR count). The van der Waals surface area contributed by atoms with E-state index >= 15 is 0 Å². The van der Waals surface area contributed by atoms with Crippen LogP contribution < -0.4 is 9.47 Å². The molecule has 33 heavy (non-hydrogen) atoms. The molecule has 3 nitrogen and oxygen atoms in total. The van der Waals surface area contributed by atoms with Gasteiger partial charge in [-0.15, -0.1) is 11.6 Å². The Kier molecular flexibility index (Phi) is 8.20. The summed E-state index contributed by atoms with van der Waals surface area (Å²) in [5.41, 5.74) is -4.76. The van der Waals surface area contributed by atoms with Crippen molar-refractivity contribution in [1.82, 2.24) is 0 Å². The Morgan fingerprint density at radius 2 is 1.33 bits per heavy atom. The first-order valence-corrected chi connectivity index (χ1v) is 10.8. The van der Waals surface area contributed by atoms with Crippen molar-refractivity contribution < 1.29 is 40.6 Å². The highest BCUT2D eigenvalue weighted by Gasteiger charge is 2.44. The van der Waals surface area contributed by atoms with E-state index in [0.29, 0.717) is 12.8 Å². The Balaban J connectivity index is 2.73. The van der Waals surface area contributed by atoms with Gasteiger partial charge in [-0.05, 0) is 51.7 Å². The number of ether oxygens (including phenoxy) is 2. The van der Waals surface area contributed by atoms with E-state index in [0.717, 1.165) is 19.9 Å². The molecule has 0 aliphatic carbocycles. The number of carbonyl (C=O) groups is 1. The van der Waals surface area contributed by atoms with E-state index in [1.807, 2.05) is 6.92 Å². The molecule has 1 aliphatic heterocycles. The lowest BCUT2D eigenvalue weighted by atomic mass is 9.89. The summed E-state index contributed by atoms with van der Waals surface area (Å²) in [5, 5.41) is 0. The minimum atomic E-state index is -2.67. The molecule has 0 radical (unpaired) electrons. The average molecular weight is 499 g/mol. The van der Waals surface area contributed by atoms with Gasteiger partial charge >= 0.3 is 12.2 Å². The number of ketones is 1. The van der Waals surface area contributed by atoms with Gasteiger partial charge < -0.3 is 9.47 Å². The highest BCUT2D eigenvalue weighted by molar-refractivity contribution is 6.38. The maximum absolute atomic E-state index is 14.4. The van der Waals surface area contributed by atoms with Gasteiger partial charge in [0, 0.05) is 11.6 Å². The summed E-state index contributed by atoms with van der Waals surface area (Å²) in [7, 11) is 0. The smallest absolute Gasteiger partial charge is 0.305 e. The Bertz CT molecular complexity index is 915. The zero-order valence-electron chi connectivity index (χ0n) is 18.6. The quantitative estimate of drug-likeness (QED) is 0.215. The molecule has 184 valence electrons. The molecular weight excluding hydrogens is 474 g/mol. The predicted octanol–water partition coefficient (Wildman–Crippen LogP) is 8.28. The van der Waals surface area contributed by atoms with Crippen molar-refractivity contribution in [1.29, 1.82) is 0 Å². The third-order valence-corrected chi connectivity index (χ3v) is 6.41. The van der Waals surface area contributed by atoms with Crippen molar-refractivity contribution in [2.75, 3.05) is 0 Å². The Morgan fingerprint density at radius 1 is 0.909 bits per heavy atom. The summed E-state index contributed by atoms with van der Waals surface area (Å²) in [6.07, 6.45) is -5.47. The molecule has 10 heteroatoms. The molecule has 0 saturated heterocycles. The number of Topliss-reactive ketones (excluding diaryl/α,β-unsaturated/α-hetero) is 1. The molecule has 1 aliphatic rings. The van der Waals surface area contributed by atoms with E-state index in [-0.39, 0.29) is 23.5 Å². The number of carbonyl (C=O) groups excluding carboxylic acids is 1. The van der Waals surface area contributed by atoms with Gasteiger partial charge in [-0.3, -0.25) is 4.79 Å². The molecule has 1 heterocycles. The highest BCUT2D eigenvalue weighted by atomic mass is 35.5. The van der Waals surface area contributed by atoms with Gasteiger partial charge in [-0.1, -0.05) is 20.3 Å². The van der Waals surface area contributed by atoms with E-state index in [4.69, 9.17) is 21.1 Å². The van der Waals surface area contributed by atoms with E-state index < -0.39 is 58.5 Å². The van der Waals surface area contributed by atoms with Crippen LogP contribution in [0.1, 0.15) is 70.2 Å². The second kappa shape index (κ2) is 9.99. The zero-order valence-corrected chi connectivity index (χ0v) is 19.4. The summed E-state index contributed by atoms with van der Waals surface area (Å²) in [5.74, 6) is -4.92. The van der Waals surface area contributed by atoms with Gasteiger partial charge in [0.15, 0.2) is 17.0 Å². The third-order valence-electron chi connectivity index (χ3n) is 5.78. The normalized spacial score (nSPS) is 24.2. The Morgan fingerprint density at radius 3 is 1.67 bits per heavy atom. The van der Waals surface area contributed by atoms with Crippen molar-refractivity contribution in [3.05, 3.63) is 47.6 Å². The van der Waals surface area contributed by atoms with Gasteiger partial charge in [0.25, 0.3) is 0 Å². The minimum Gasteiger partial charge on any atom is -0.480 e. The summed E-state index contributed by atoms with van der Waals surface area (Å²) < 4.78 is 92.5. The number of alkyl halides is 1. The van der Waals surface area contributed by atoms with E-state index in [2.05, 4.69) is 0 Å². The molecule has 3 atom stereocenters. The maximum atomic E-state index is 14.4. The number of benzene rings is 1. The molecule has 0 aromatic heterocycles. The molecule has 1 aromatic carbocycles. The van der Waals surface area contributed by atoms with Crippen molar-refractivity contribution in [3.8, 4) is 11.5 Å². The van der Waals surface area contributed by atoms with E-state index in [9.17, 15) is 31.1 Å². The second-order valence-electron chi connectivity index (χ2n) is 8.41. The number of rotatable bonds is 7. The van der Waals surface area contributed by atoms with Crippen LogP contribution in [0.5, 0.6) is 11.5 Å². The first kappa shape index (κ1) is 27.1. The van der Waals surface area contributed by atoms with Crippen LogP contribution in [-0.4, -0.2) is 21.9 Å². The second-order valence-corrected chi connectivity index (χ2v) is 9.13. The van der Waals surface area contributed by atoms with Crippen LogP contribution in [-0.2, 0) is 0 Å². The predicted molar refractivity (Wildman–Crippen MR) is 113 cm³/mol. The highest BCUT2D eigenvalue weighted by Crippen LogP contribution is 2.43. The molecule has 2 bridgehead atoms. The number of hydrogen-bond donors (Lipinski definition) is 0. The number of halogens is 7. The summed E-state index contributed by atoms with van der Waals surface area (Å²) >= 11 is 6.51. The topological polar surface area (TPSA) is 35.5 Å². The lowest BCUT2D eigenvalue weighted by Crippen LogP contribution is -2.39. The fourth-order valence-electron chi connectivity index (χ4n) is 3.73. The van der Waals surface area contributed by atoms with E-state index in [1.165, 1.54) is 12.1 Å². The molecule has 0 spiro atoms. The van der Waals surface area contributed by atoms with Crippen LogP contribution in [0.2, 0.25) is 0 Å².